The van der Waals surface area contributed by atoms with Gasteiger partial charge < -0.3 is 9.64 Å². The molecular formula is C20H27NO2. The molecule has 1 aliphatic rings. The molecule has 23 heavy (non-hydrogen) atoms. The normalized spacial score (nSPS) is 16.0. The van der Waals surface area contributed by atoms with E-state index in [0.29, 0.717) is 11.5 Å². The van der Waals surface area contributed by atoms with Crippen LogP contribution in [0.4, 0.5) is 5.69 Å². The summed E-state index contributed by atoms with van der Waals surface area (Å²) < 4.78 is 4.85. The van der Waals surface area contributed by atoms with Gasteiger partial charge in [-0.05, 0) is 36.5 Å². The molecule has 0 aromatic heterocycles. The predicted molar refractivity (Wildman–Crippen MR) is 96.9 cm³/mol. The van der Waals surface area contributed by atoms with Crippen LogP contribution in [-0.4, -0.2) is 27.2 Å². The molecule has 124 valence electrons. The predicted octanol–water partition coefficient (Wildman–Crippen LogP) is 4.69. The van der Waals surface area contributed by atoms with Crippen LogP contribution in [0.3, 0.4) is 0 Å². The molecule has 0 spiro atoms. The Labute approximate surface area is 139 Å². The Morgan fingerprint density at radius 2 is 1.96 bits per heavy atom. The number of esters is 1. The highest BCUT2D eigenvalue weighted by Gasteiger charge is 2.22. The number of benzene rings is 1. The highest BCUT2D eigenvalue weighted by molar-refractivity contribution is 5.92. The Balaban J connectivity index is 2.47. The first-order chi connectivity index (χ1) is 11.1. The first-order valence-electron chi connectivity index (χ1n) is 8.31. The zero-order valence-electron chi connectivity index (χ0n) is 14.5. The molecule has 1 aromatic rings. The van der Waals surface area contributed by atoms with E-state index in [1.54, 1.807) is 0 Å². The van der Waals surface area contributed by atoms with Gasteiger partial charge in [-0.1, -0.05) is 44.1 Å². The Morgan fingerprint density at radius 1 is 1.26 bits per heavy atom. The van der Waals surface area contributed by atoms with E-state index < -0.39 is 0 Å². The molecular weight excluding hydrogens is 286 g/mol. The highest BCUT2D eigenvalue weighted by Crippen LogP contribution is 2.39. The van der Waals surface area contributed by atoms with Gasteiger partial charge in [0.05, 0.1) is 12.7 Å². The lowest BCUT2D eigenvalue weighted by molar-refractivity contribution is 0.0601. The van der Waals surface area contributed by atoms with Crippen LogP contribution >= 0.6 is 0 Å². The molecule has 1 saturated carbocycles. The van der Waals surface area contributed by atoms with Gasteiger partial charge in [-0.3, -0.25) is 0 Å². The molecule has 0 bridgehead atoms. The lowest BCUT2D eigenvalue weighted by Gasteiger charge is -2.28. The molecule has 0 radical (unpaired) electrons. The first kappa shape index (κ1) is 17.3. The van der Waals surface area contributed by atoms with E-state index in [-0.39, 0.29) is 5.97 Å². The number of anilines is 1. The van der Waals surface area contributed by atoms with Gasteiger partial charge in [-0.25, -0.2) is 4.79 Å². The maximum absolute atomic E-state index is 11.8. The number of hydrogen-bond donors (Lipinski definition) is 0. The SMILES string of the molecule is C=C/C=C(/c1ccc(C(=O)OC)cc1N(C)C)C1CCCCC1. The topological polar surface area (TPSA) is 29.5 Å². The van der Waals surface area contributed by atoms with E-state index >= 15 is 0 Å². The number of ether oxygens (including phenoxy) is 1. The summed E-state index contributed by atoms with van der Waals surface area (Å²) in [4.78, 5) is 13.9. The summed E-state index contributed by atoms with van der Waals surface area (Å²) in [6.45, 7) is 3.89. The minimum atomic E-state index is -0.299. The van der Waals surface area contributed by atoms with Crippen molar-refractivity contribution in [1.29, 1.82) is 0 Å². The van der Waals surface area contributed by atoms with Crippen molar-refractivity contribution in [2.24, 2.45) is 5.92 Å². The van der Waals surface area contributed by atoms with Crippen LogP contribution in [0.25, 0.3) is 5.57 Å². The lowest BCUT2D eigenvalue weighted by atomic mass is 9.80. The highest BCUT2D eigenvalue weighted by atomic mass is 16.5. The second-order valence-corrected chi connectivity index (χ2v) is 6.31. The van der Waals surface area contributed by atoms with E-state index in [9.17, 15) is 4.79 Å². The molecule has 0 heterocycles. The Morgan fingerprint density at radius 3 is 2.52 bits per heavy atom. The smallest absolute Gasteiger partial charge is 0.337 e. The molecule has 3 nitrogen and oxygen atoms in total. The third-order valence-electron chi connectivity index (χ3n) is 4.55. The number of allylic oxidation sites excluding steroid dienone is 3. The van der Waals surface area contributed by atoms with Gasteiger partial charge in [0.15, 0.2) is 0 Å². The van der Waals surface area contributed by atoms with Crippen LogP contribution in [0.15, 0.2) is 36.9 Å². The number of hydrogen-bond acceptors (Lipinski definition) is 3. The van der Waals surface area contributed by atoms with Crippen LogP contribution in [-0.2, 0) is 4.74 Å². The summed E-state index contributed by atoms with van der Waals surface area (Å²) in [5.41, 5.74) is 4.15. The van der Waals surface area contributed by atoms with Gasteiger partial charge in [0, 0.05) is 25.3 Å². The summed E-state index contributed by atoms with van der Waals surface area (Å²) >= 11 is 0. The fourth-order valence-corrected chi connectivity index (χ4v) is 3.38. The second-order valence-electron chi connectivity index (χ2n) is 6.31. The Kier molecular flexibility index (Phi) is 6.03. The van der Waals surface area contributed by atoms with E-state index in [1.165, 1.54) is 50.4 Å². The average molecular weight is 313 g/mol. The molecule has 0 atom stereocenters. The summed E-state index contributed by atoms with van der Waals surface area (Å²) in [5, 5.41) is 0. The van der Waals surface area contributed by atoms with Crippen LogP contribution in [0.1, 0.15) is 48.0 Å². The number of carbonyl (C=O) groups excluding carboxylic acids is 1. The maximum Gasteiger partial charge on any atom is 0.337 e. The van der Waals surface area contributed by atoms with E-state index in [0.717, 1.165) is 5.69 Å². The molecule has 0 unspecified atom stereocenters. The molecule has 0 aliphatic heterocycles. The summed E-state index contributed by atoms with van der Waals surface area (Å²) in [7, 11) is 5.43. The third-order valence-corrected chi connectivity index (χ3v) is 4.55. The largest absolute Gasteiger partial charge is 0.465 e. The van der Waals surface area contributed by atoms with Crippen LogP contribution in [0.2, 0.25) is 0 Å². The van der Waals surface area contributed by atoms with Crippen LogP contribution < -0.4 is 4.90 Å². The molecule has 1 aliphatic carbocycles. The summed E-state index contributed by atoms with van der Waals surface area (Å²) in [6, 6.07) is 5.82. The standard InChI is InChI=1S/C20H27NO2/c1-5-9-17(15-10-7-6-8-11-15)18-13-12-16(20(22)23-4)14-19(18)21(2)3/h5,9,12-15H,1,6-8,10-11H2,2-4H3/b17-9+. The van der Waals surface area contributed by atoms with Crippen molar-refractivity contribution < 1.29 is 9.53 Å². The van der Waals surface area contributed by atoms with Gasteiger partial charge in [-0.15, -0.1) is 0 Å². The van der Waals surface area contributed by atoms with Gasteiger partial charge in [0.25, 0.3) is 0 Å². The molecule has 0 amide bonds. The number of rotatable bonds is 5. The van der Waals surface area contributed by atoms with Gasteiger partial charge in [0.1, 0.15) is 0 Å². The molecule has 0 saturated heterocycles. The average Bonchev–Trinajstić information content (AvgIpc) is 2.59. The van der Waals surface area contributed by atoms with E-state index in [2.05, 4.69) is 17.6 Å². The lowest BCUT2D eigenvalue weighted by Crippen LogP contribution is -2.16. The molecule has 2 rings (SSSR count). The quantitative estimate of drug-likeness (QED) is 0.583. The fraction of sp³-hybridized carbons (Fsp3) is 0.450. The number of nitrogens with zero attached hydrogens (tertiary/aromatic N) is 1. The number of methoxy groups -OCH3 is 1. The van der Waals surface area contributed by atoms with Crippen LogP contribution in [0.5, 0.6) is 0 Å². The van der Waals surface area contributed by atoms with Crippen molar-refractivity contribution in [1.82, 2.24) is 0 Å². The minimum Gasteiger partial charge on any atom is -0.465 e. The summed E-state index contributed by atoms with van der Waals surface area (Å²) in [5.74, 6) is 0.274. The van der Waals surface area contributed by atoms with E-state index in [4.69, 9.17) is 4.74 Å². The van der Waals surface area contributed by atoms with Crippen molar-refractivity contribution >= 4 is 17.2 Å². The van der Waals surface area contributed by atoms with Gasteiger partial charge in [-0.2, -0.15) is 0 Å². The first-order valence-corrected chi connectivity index (χ1v) is 8.31. The minimum absolute atomic E-state index is 0.299. The summed E-state index contributed by atoms with van der Waals surface area (Å²) in [6.07, 6.45) is 10.4. The fourth-order valence-electron chi connectivity index (χ4n) is 3.38. The molecule has 0 N–H and O–H groups in total. The Hall–Kier alpha value is -2.03. The molecule has 3 heteroatoms. The van der Waals surface area contributed by atoms with Crippen LogP contribution in [0, 0.1) is 5.92 Å². The zero-order valence-corrected chi connectivity index (χ0v) is 14.5. The maximum atomic E-state index is 11.8. The third kappa shape index (κ3) is 4.04. The van der Waals surface area contributed by atoms with Crippen molar-refractivity contribution in [2.45, 2.75) is 32.1 Å². The molecule has 1 fully saturated rings. The Bertz CT molecular complexity index is 596. The van der Waals surface area contributed by atoms with Crippen molar-refractivity contribution in [2.75, 3.05) is 26.1 Å². The van der Waals surface area contributed by atoms with E-state index in [1.807, 2.05) is 38.4 Å². The van der Waals surface area contributed by atoms with Crippen molar-refractivity contribution in [3.8, 4) is 0 Å². The van der Waals surface area contributed by atoms with Gasteiger partial charge in [0.2, 0.25) is 0 Å². The number of carbonyl (C=O) groups is 1. The van der Waals surface area contributed by atoms with Gasteiger partial charge >= 0.3 is 5.97 Å². The van der Waals surface area contributed by atoms with Crippen molar-refractivity contribution in [3.63, 3.8) is 0 Å². The van der Waals surface area contributed by atoms with Crippen molar-refractivity contribution in [3.05, 3.63) is 48.1 Å². The molecule has 1 aromatic carbocycles. The zero-order chi connectivity index (χ0) is 16.8. The second kappa shape index (κ2) is 8.00. The monoisotopic (exact) mass is 313 g/mol.